The summed E-state index contributed by atoms with van der Waals surface area (Å²) in [5.74, 6) is 2.25. The Hall–Kier alpha value is -2.85. The maximum Gasteiger partial charge on any atom is 0.147 e. The summed E-state index contributed by atoms with van der Waals surface area (Å²) in [5.41, 5.74) is 0.606. The Morgan fingerprint density at radius 2 is 1.95 bits per heavy atom. The molecule has 2 aliphatic rings. The van der Waals surface area contributed by atoms with E-state index >= 15 is 0 Å². The van der Waals surface area contributed by atoms with Crippen LogP contribution in [0.2, 0.25) is 0 Å². The fraction of sp³-hybridized carbons (Fsp3) is 0.552. The molecule has 0 unspecified atom stereocenters. The van der Waals surface area contributed by atoms with Crippen LogP contribution < -0.4 is 10.2 Å². The molecular weight excluding hydrogens is 517 g/mol. The molecular formula is C29H38FN5O3S. The smallest absolute Gasteiger partial charge is 0.147 e. The van der Waals surface area contributed by atoms with Crippen molar-refractivity contribution in [2.24, 2.45) is 5.92 Å². The summed E-state index contributed by atoms with van der Waals surface area (Å²) in [6.45, 7) is 8.54. The molecule has 1 aliphatic carbocycles. The summed E-state index contributed by atoms with van der Waals surface area (Å²) in [7, 11) is -3.02. The van der Waals surface area contributed by atoms with Gasteiger partial charge in [-0.05, 0) is 68.2 Å². The van der Waals surface area contributed by atoms with E-state index < -0.39 is 21.6 Å². The highest BCUT2D eigenvalue weighted by Gasteiger charge is 2.41. The van der Waals surface area contributed by atoms with Crippen LogP contribution in [0.4, 0.5) is 21.7 Å². The molecule has 210 valence electrons. The molecule has 0 radical (unpaired) electrons. The molecule has 1 aromatic carbocycles. The van der Waals surface area contributed by atoms with Crippen LogP contribution >= 0.6 is 0 Å². The van der Waals surface area contributed by atoms with Crippen LogP contribution in [-0.4, -0.2) is 64.8 Å². The van der Waals surface area contributed by atoms with E-state index in [4.69, 9.17) is 4.98 Å². The minimum absolute atomic E-state index is 0.114. The third-order valence-corrected chi connectivity index (χ3v) is 9.42. The van der Waals surface area contributed by atoms with Gasteiger partial charge in [0.05, 0.1) is 11.9 Å². The number of hydrogen-bond acceptors (Lipinski definition) is 8. The average Bonchev–Trinajstić information content (AvgIpc) is 2.86. The standard InChI is InChI=1S/C29H38FN5O3S/c1-17(2)21-7-8-24(35-15-20(18(35)3)16-39(5,37)38)23-14-32-27(12-22(21)23)33-26-10-11-31-28(34-26)19-6-9-25(36)29(4,30)13-19/h7-8,10-12,14,17-20,25,36H,6,9,13,15-16H2,1-5H3,(H,31,32,33,34)/t18-,19-,20-,25-,29+/m1/s1. The maximum atomic E-state index is 14.8. The molecule has 0 spiro atoms. The van der Waals surface area contributed by atoms with Crippen molar-refractivity contribution < 1.29 is 17.9 Å². The molecule has 10 heteroatoms. The number of nitrogens with zero attached hydrogens (tertiary/aromatic N) is 4. The third-order valence-electron chi connectivity index (χ3n) is 8.39. The number of nitrogens with one attached hydrogen (secondary N) is 1. The molecule has 1 saturated carbocycles. The second-order valence-electron chi connectivity index (χ2n) is 11.9. The van der Waals surface area contributed by atoms with Gasteiger partial charge in [0.1, 0.15) is 33.0 Å². The number of benzene rings is 1. The fourth-order valence-electron chi connectivity index (χ4n) is 6.03. The summed E-state index contributed by atoms with van der Waals surface area (Å²) in [4.78, 5) is 16.0. The maximum absolute atomic E-state index is 14.8. The Morgan fingerprint density at radius 3 is 2.62 bits per heavy atom. The number of aliphatic hydroxyl groups excluding tert-OH is 1. The van der Waals surface area contributed by atoms with Crippen LogP contribution in [0.5, 0.6) is 0 Å². The Labute approximate surface area is 230 Å². The van der Waals surface area contributed by atoms with Gasteiger partial charge in [-0.2, -0.15) is 0 Å². The number of aliphatic hydroxyl groups is 1. The number of halogens is 1. The van der Waals surface area contributed by atoms with E-state index in [1.165, 1.54) is 18.7 Å². The van der Waals surface area contributed by atoms with Crippen molar-refractivity contribution in [3.05, 3.63) is 48.0 Å². The zero-order valence-electron chi connectivity index (χ0n) is 23.2. The third kappa shape index (κ3) is 5.72. The summed E-state index contributed by atoms with van der Waals surface area (Å²) in [6, 6.07) is 8.19. The van der Waals surface area contributed by atoms with Crippen LogP contribution in [0.3, 0.4) is 0 Å². The van der Waals surface area contributed by atoms with Gasteiger partial charge in [-0.3, -0.25) is 0 Å². The largest absolute Gasteiger partial charge is 0.390 e. The van der Waals surface area contributed by atoms with Crippen LogP contribution in [0.15, 0.2) is 36.7 Å². The van der Waals surface area contributed by atoms with Crippen molar-refractivity contribution >= 4 is 37.9 Å². The summed E-state index contributed by atoms with van der Waals surface area (Å²) < 4.78 is 38.4. The molecule has 5 atom stereocenters. The SMILES string of the molecule is CC(C)c1ccc(N2C[C@H](CS(C)(=O)=O)[C@H]2C)c2cnc(Nc3ccnc([C@@H]4CC[C@@H](O)[C@@](C)(F)C4)n3)cc12. The van der Waals surface area contributed by atoms with Gasteiger partial charge in [0.15, 0.2) is 0 Å². The topological polar surface area (TPSA) is 108 Å². The van der Waals surface area contributed by atoms with Gasteiger partial charge < -0.3 is 15.3 Å². The second-order valence-corrected chi connectivity index (χ2v) is 14.1. The minimum Gasteiger partial charge on any atom is -0.390 e. The number of fused-ring (bicyclic) bond motifs is 1. The first-order valence-corrected chi connectivity index (χ1v) is 15.7. The van der Waals surface area contributed by atoms with Crippen molar-refractivity contribution in [2.75, 3.05) is 28.8 Å². The van der Waals surface area contributed by atoms with Gasteiger partial charge in [0.25, 0.3) is 0 Å². The predicted octanol–water partition coefficient (Wildman–Crippen LogP) is 5.12. The molecule has 5 rings (SSSR count). The lowest BCUT2D eigenvalue weighted by atomic mass is 9.78. The van der Waals surface area contributed by atoms with E-state index in [2.05, 4.69) is 53.1 Å². The summed E-state index contributed by atoms with van der Waals surface area (Å²) in [5, 5.41) is 15.4. The Balaban J connectivity index is 1.41. The Bertz CT molecular complexity index is 1480. The average molecular weight is 556 g/mol. The monoisotopic (exact) mass is 555 g/mol. The minimum atomic E-state index is -3.02. The number of aromatic nitrogens is 3. The highest BCUT2D eigenvalue weighted by molar-refractivity contribution is 7.90. The van der Waals surface area contributed by atoms with Gasteiger partial charge >= 0.3 is 0 Å². The zero-order valence-corrected chi connectivity index (χ0v) is 24.0. The van der Waals surface area contributed by atoms with E-state index in [9.17, 15) is 17.9 Å². The lowest BCUT2D eigenvalue weighted by Crippen LogP contribution is -2.57. The number of hydrogen-bond donors (Lipinski definition) is 2. The van der Waals surface area contributed by atoms with Crippen LogP contribution in [0.25, 0.3) is 10.8 Å². The lowest BCUT2D eigenvalue weighted by Gasteiger charge is -2.48. The molecule has 2 N–H and O–H groups in total. The normalized spacial score (nSPS) is 27.5. The first kappa shape index (κ1) is 27.7. The number of pyridine rings is 1. The molecule has 0 bridgehead atoms. The van der Waals surface area contributed by atoms with Crippen molar-refractivity contribution in [2.45, 2.75) is 76.6 Å². The Kier molecular flexibility index (Phi) is 7.30. The predicted molar refractivity (Wildman–Crippen MR) is 153 cm³/mol. The quantitative estimate of drug-likeness (QED) is 0.414. The van der Waals surface area contributed by atoms with Gasteiger partial charge in [0.2, 0.25) is 0 Å². The lowest BCUT2D eigenvalue weighted by molar-refractivity contribution is -0.0343. The number of sulfone groups is 1. The molecule has 3 heterocycles. The summed E-state index contributed by atoms with van der Waals surface area (Å²) in [6.07, 6.45) is 5.09. The summed E-state index contributed by atoms with van der Waals surface area (Å²) >= 11 is 0. The van der Waals surface area contributed by atoms with Gasteiger partial charge in [-0.25, -0.2) is 27.8 Å². The van der Waals surface area contributed by atoms with Crippen molar-refractivity contribution in [3.63, 3.8) is 0 Å². The molecule has 2 fully saturated rings. The molecule has 39 heavy (non-hydrogen) atoms. The fourth-order valence-corrected chi connectivity index (χ4v) is 7.19. The van der Waals surface area contributed by atoms with E-state index in [1.54, 1.807) is 12.3 Å². The van der Waals surface area contributed by atoms with Gasteiger partial charge in [-0.1, -0.05) is 19.9 Å². The molecule has 8 nitrogen and oxygen atoms in total. The van der Waals surface area contributed by atoms with Gasteiger partial charge in [-0.15, -0.1) is 0 Å². The second kappa shape index (κ2) is 10.3. The van der Waals surface area contributed by atoms with Crippen molar-refractivity contribution in [1.29, 1.82) is 0 Å². The van der Waals surface area contributed by atoms with E-state index in [0.717, 1.165) is 16.5 Å². The zero-order chi connectivity index (χ0) is 28.1. The molecule has 0 amide bonds. The first-order valence-electron chi connectivity index (χ1n) is 13.7. The highest BCUT2D eigenvalue weighted by Crippen LogP contribution is 2.41. The molecule has 1 aliphatic heterocycles. The molecule has 2 aromatic heterocycles. The van der Waals surface area contributed by atoms with Crippen LogP contribution in [0, 0.1) is 5.92 Å². The van der Waals surface area contributed by atoms with Crippen molar-refractivity contribution in [3.8, 4) is 0 Å². The van der Waals surface area contributed by atoms with E-state index in [0.29, 0.717) is 42.8 Å². The molecule has 3 aromatic rings. The van der Waals surface area contributed by atoms with E-state index in [1.807, 2.05) is 12.3 Å². The number of alkyl halides is 1. The molecule has 1 saturated heterocycles. The Morgan fingerprint density at radius 1 is 1.18 bits per heavy atom. The number of rotatable bonds is 7. The first-order chi connectivity index (χ1) is 18.3. The van der Waals surface area contributed by atoms with Crippen molar-refractivity contribution in [1.82, 2.24) is 15.0 Å². The highest BCUT2D eigenvalue weighted by atomic mass is 32.2. The van der Waals surface area contributed by atoms with E-state index in [-0.39, 0.29) is 30.1 Å². The van der Waals surface area contributed by atoms with Crippen LogP contribution in [-0.2, 0) is 9.84 Å². The van der Waals surface area contributed by atoms with Gasteiger partial charge in [0, 0.05) is 54.1 Å². The number of anilines is 3. The van der Waals surface area contributed by atoms with Crippen LogP contribution in [0.1, 0.15) is 70.2 Å².